The molecular formula is C14H14FNO. The van der Waals surface area contributed by atoms with Gasteiger partial charge in [-0.05, 0) is 29.7 Å². The van der Waals surface area contributed by atoms with Crippen molar-refractivity contribution >= 4 is 0 Å². The number of benzene rings is 1. The Kier molecular flexibility index (Phi) is 3.49. The zero-order valence-corrected chi connectivity index (χ0v) is 9.60. The van der Waals surface area contributed by atoms with E-state index in [-0.39, 0.29) is 0 Å². The van der Waals surface area contributed by atoms with E-state index in [9.17, 15) is 9.50 Å². The van der Waals surface area contributed by atoms with Crippen LogP contribution in [0.5, 0.6) is 0 Å². The van der Waals surface area contributed by atoms with Crippen LogP contribution in [-0.4, -0.2) is 10.1 Å². The Bertz CT molecular complexity index is 496. The third kappa shape index (κ3) is 2.68. The largest absolute Gasteiger partial charge is 0.382 e. The molecule has 3 heteroatoms. The van der Waals surface area contributed by atoms with E-state index in [4.69, 9.17) is 0 Å². The van der Waals surface area contributed by atoms with Gasteiger partial charge in [-0.2, -0.15) is 0 Å². The lowest BCUT2D eigenvalue weighted by Gasteiger charge is -2.11. The summed E-state index contributed by atoms with van der Waals surface area (Å²) in [6.45, 7) is 2.06. The number of aliphatic hydroxyl groups is 1. The van der Waals surface area contributed by atoms with Crippen molar-refractivity contribution < 1.29 is 9.50 Å². The monoisotopic (exact) mass is 231 g/mol. The number of rotatable bonds is 3. The molecule has 1 heterocycles. The third-order valence-corrected chi connectivity index (χ3v) is 2.71. The summed E-state index contributed by atoms with van der Waals surface area (Å²) < 4.78 is 12.7. The van der Waals surface area contributed by atoms with Crippen molar-refractivity contribution in [2.75, 3.05) is 0 Å². The van der Waals surface area contributed by atoms with Crippen LogP contribution in [0.25, 0.3) is 0 Å². The van der Waals surface area contributed by atoms with Gasteiger partial charge in [0, 0.05) is 0 Å². The predicted molar refractivity (Wildman–Crippen MR) is 64.1 cm³/mol. The van der Waals surface area contributed by atoms with Crippen LogP contribution < -0.4 is 0 Å². The lowest BCUT2D eigenvalue weighted by Crippen LogP contribution is -2.02. The lowest BCUT2D eigenvalue weighted by molar-refractivity contribution is 0.215. The summed E-state index contributed by atoms with van der Waals surface area (Å²) in [5.41, 5.74) is 2.40. The molecule has 17 heavy (non-hydrogen) atoms. The van der Waals surface area contributed by atoms with Gasteiger partial charge in [-0.1, -0.05) is 31.2 Å². The Hall–Kier alpha value is -1.74. The summed E-state index contributed by atoms with van der Waals surface area (Å²) in [4.78, 5) is 3.89. The van der Waals surface area contributed by atoms with Gasteiger partial charge >= 0.3 is 0 Å². The summed E-state index contributed by atoms with van der Waals surface area (Å²) in [5.74, 6) is -0.400. The molecule has 2 rings (SSSR count). The number of aromatic nitrogens is 1. The Morgan fingerprint density at radius 3 is 2.76 bits per heavy atom. The van der Waals surface area contributed by atoms with Gasteiger partial charge in [0.15, 0.2) is 0 Å². The standard InChI is InChI=1S/C14H14FNO/c1-2-10-4-3-5-11(8-10)14(17)13-7-6-12(15)9-16-13/h3-9,14,17H,2H2,1H3. The second kappa shape index (κ2) is 5.06. The Morgan fingerprint density at radius 1 is 1.29 bits per heavy atom. The topological polar surface area (TPSA) is 33.1 Å². The van der Waals surface area contributed by atoms with Gasteiger partial charge in [0.1, 0.15) is 11.9 Å². The molecule has 1 aromatic carbocycles. The van der Waals surface area contributed by atoms with Crippen LogP contribution in [0.2, 0.25) is 0 Å². The van der Waals surface area contributed by atoms with Crippen molar-refractivity contribution in [1.82, 2.24) is 4.98 Å². The maximum Gasteiger partial charge on any atom is 0.141 e. The molecule has 1 N–H and O–H groups in total. The predicted octanol–water partition coefficient (Wildman–Crippen LogP) is 2.86. The average Bonchev–Trinajstić information content (AvgIpc) is 2.39. The van der Waals surface area contributed by atoms with Crippen LogP contribution in [0.15, 0.2) is 42.6 Å². The van der Waals surface area contributed by atoms with Crippen molar-refractivity contribution in [1.29, 1.82) is 0 Å². The Morgan fingerprint density at radius 2 is 2.12 bits per heavy atom. The number of hydrogen-bond donors (Lipinski definition) is 1. The number of pyridine rings is 1. The summed E-state index contributed by atoms with van der Waals surface area (Å²) in [5, 5.41) is 10.1. The first-order valence-electron chi connectivity index (χ1n) is 5.59. The second-order valence-electron chi connectivity index (χ2n) is 3.90. The fraction of sp³-hybridized carbons (Fsp3) is 0.214. The van der Waals surface area contributed by atoms with Gasteiger partial charge < -0.3 is 5.11 Å². The minimum Gasteiger partial charge on any atom is -0.382 e. The van der Waals surface area contributed by atoms with Gasteiger partial charge in [-0.25, -0.2) is 4.39 Å². The molecule has 0 aliphatic carbocycles. The van der Waals surface area contributed by atoms with Crippen molar-refractivity contribution in [3.63, 3.8) is 0 Å². The van der Waals surface area contributed by atoms with E-state index in [1.807, 2.05) is 24.3 Å². The van der Waals surface area contributed by atoms with E-state index in [0.717, 1.165) is 23.7 Å². The summed E-state index contributed by atoms with van der Waals surface area (Å²) in [7, 11) is 0. The minimum absolute atomic E-state index is 0.400. The molecule has 0 aliphatic heterocycles. The Labute approximate surface area is 99.8 Å². The van der Waals surface area contributed by atoms with Crippen molar-refractivity contribution in [2.45, 2.75) is 19.4 Å². The van der Waals surface area contributed by atoms with E-state index in [2.05, 4.69) is 11.9 Å². The first-order chi connectivity index (χ1) is 8.20. The van der Waals surface area contributed by atoms with Crippen molar-refractivity contribution in [3.8, 4) is 0 Å². The van der Waals surface area contributed by atoms with E-state index >= 15 is 0 Å². The molecule has 0 fully saturated rings. The highest BCUT2D eigenvalue weighted by Crippen LogP contribution is 2.21. The van der Waals surface area contributed by atoms with E-state index < -0.39 is 11.9 Å². The first-order valence-corrected chi connectivity index (χ1v) is 5.59. The van der Waals surface area contributed by atoms with Gasteiger partial charge in [0.2, 0.25) is 0 Å². The molecule has 1 atom stereocenters. The molecule has 0 saturated carbocycles. The van der Waals surface area contributed by atoms with Crippen LogP contribution in [0, 0.1) is 5.82 Å². The lowest BCUT2D eigenvalue weighted by atomic mass is 10.0. The van der Waals surface area contributed by atoms with E-state index in [0.29, 0.717) is 5.69 Å². The molecule has 2 aromatic rings. The molecular weight excluding hydrogens is 217 g/mol. The van der Waals surface area contributed by atoms with Crippen LogP contribution in [-0.2, 0) is 6.42 Å². The normalized spacial score (nSPS) is 12.4. The molecule has 0 spiro atoms. The van der Waals surface area contributed by atoms with Crippen LogP contribution in [0.4, 0.5) is 4.39 Å². The zero-order valence-electron chi connectivity index (χ0n) is 9.60. The van der Waals surface area contributed by atoms with Gasteiger partial charge in [-0.3, -0.25) is 4.98 Å². The quantitative estimate of drug-likeness (QED) is 0.881. The average molecular weight is 231 g/mol. The highest BCUT2D eigenvalue weighted by Gasteiger charge is 2.11. The molecule has 0 amide bonds. The zero-order chi connectivity index (χ0) is 12.3. The SMILES string of the molecule is CCc1cccc(C(O)c2ccc(F)cn2)c1. The molecule has 0 bridgehead atoms. The molecule has 2 nitrogen and oxygen atoms in total. The summed E-state index contributed by atoms with van der Waals surface area (Å²) >= 11 is 0. The van der Waals surface area contributed by atoms with Gasteiger partial charge in [0.05, 0.1) is 11.9 Å². The number of hydrogen-bond acceptors (Lipinski definition) is 2. The van der Waals surface area contributed by atoms with Crippen molar-refractivity contribution in [2.24, 2.45) is 0 Å². The summed E-state index contributed by atoms with van der Waals surface area (Å²) in [6.07, 6.45) is 1.22. The highest BCUT2D eigenvalue weighted by molar-refractivity contribution is 5.29. The van der Waals surface area contributed by atoms with E-state index in [1.54, 1.807) is 0 Å². The number of halogens is 1. The minimum atomic E-state index is -0.804. The third-order valence-electron chi connectivity index (χ3n) is 2.71. The number of aliphatic hydroxyl groups excluding tert-OH is 1. The van der Waals surface area contributed by atoms with Crippen LogP contribution in [0.1, 0.15) is 29.8 Å². The molecule has 0 aliphatic rings. The van der Waals surface area contributed by atoms with Crippen LogP contribution in [0.3, 0.4) is 0 Å². The molecule has 1 aromatic heterocycles. The van der Waals surface area contributed by atoms with E-state index in [1.165, 1.54) is 12.1 Å². The van der Waals surface area contributed by atoms with Gasteiger partial charge in [-0.15, -0.1) is 0 Å². The van der Waals surface area contributed by atoms with Gasteiger partial charge in [0.25, 0.3) is 0 Å². The maximum atomic E-state index is 12.7. The fourth-order valence-electron chi connectivity index (χ4n) is 1.70. The highest BCUT2D eigenvalue weighted by atomic mass is 19.1. The van der Waals surface area contributed by atoms with Crippen LogP contribution >= 0.6 is 0 Å². The number of nitrogens with zero attached hydrogens (tertiary/aromatic N) is 1. The fourth-order valence-corrected chi connectivity index (χ4v) is 1.70. The summed E-state index contributed by atoms with van der Waals surface area (Å²) in [6, 6.07) is 10.5. The first kappa shape index (κ1) is 11.7. The van der Waals surface area contributed by atoms with Crippen molar-refractivity contribution in [3.05, 3.63) is 65.2 Å². The molecule has 1 unspecified atom stereocenters. The Balaban J connectivity index is 2.29. The number of aryl methyl sites for hydroxylation is 1. The second-order valence-corrected chi connectivity index (χ2v) is 3.90. The smallest absolute Gasteiger partial charge is 0.141 e. The molecule has 88 valence electrons. The molecule has 0 saturated heterocycles. The maximum absolute atomic E-state index is 12.7. The molecule has 0 radical (unpaired) electrons.